The monoisotopic (exact) mass is 402 g/mol. The van der Waals surface area contributed by atoms with E-state index in [2.05, 4.69) is 45.1 Å². The lowest BCUT2D eigenvalue weighted by Crippen LogP contribution is -2.29. The molecule has 2 rings (SSSR count). The molecular weight excluding hydrogens is 376 g/mol. The predicted molar refractivity (Wildman–Crippen MR) is 103 cm³/mol. The maximum absolute atomic E-state index is 11.9. The zero-order valence-corrected chi connectivity index (χ0v) is 16.3. The normalized spacial score (nSPS) is 10.7. The summed E-state index contributed by atoms with van der Waals surface area (Å²) >= 11 is 0. The molecule has 26 heavy (non-hydrogen) atoms. The summed E-state index contributed by atoms with van der Waals surface area (Å²) in [6, 6.07) is -0.616. The lowest BCUT2D eigenvalue weighted by Gasteiger charge is -2.01. The van der Waals surface area contributed by atoms with Crippen LogP contribution in [0.4, 0.5) is 9.59 Å². The Morgan fingerprint density at radius 2 is 1.35 bits per heavy atom. The van der Waals surface area contributed by atoms with Gasteiger partial charge in [-0.1, -0.05) is 37.1 Å². The van der Waals surface area contributed by atoms with E-state index in [9.17, 15) is 9.59 Å². The maximum atomic E-state index is 11.9. The number of amides is 2. The Kier molecular flexibility index (Phi) is 8.41. The summed E-state index contributed by atoms with van der Waals surface area (Å²) in [6.07, 6.45) is 6.93. The molecule has 0 saturated heterocycles. The second-order valence-electron chi connectivity index (χ2n) is 5.34. The van der Waals surface area contributed by atoms with Crippen LogP contribution in [0.25, 0.3) is 0 Å². The Morgan fingerprint density at radius 3 is 1.73 bits per heavy atom. The van der Waals surface area contributed by atoms with Crippen molar-refractivity contribution < 1.29 is 12.4 Å². The van der Waals surface area contributed by atoms with Crippen LogP contribution in [-0.2, 0) is 0 Å². The Morgan fingerprint density at radius 1 is 0.923 bits per heavy atom. The molecule has 0 unspecified atom stereocenters. The van der Waals surface area contributed by atoms with Gasteiger partial charge < -0.3 is 10.6 Å². The smallest absolute Gasteiger partial charge is 0.336 e. The van der Waals surface area contributed by atoms with Gasteiger partial charge in [0.2, 0.25) is 0 Å². The van der Waals surface area contributed by atoms with Crippen LogP contribution in [0.15, 0.2) is 22.4 Å². The number of unbranched alkanes of at least 4 members (excludes halogenated alkanes) is 2. The number of nitrogens with one attached hydrogen (secondary N) is 2. The van der Waals surface area contributed by atoms with Crippen LogP contribution in [0.3, 0.4) is 0 Å². The van der Waals surface area contributed by atoms with Crippen LogP contribution < -0.4 is 10.6 Å². The Hall–Kier alpha value is -2.08. The zero-order valence-electron chi connectivity index (χ0n) is 14.7. The van der Waals surface area contributed by atoms with E-state index in [0.717, 1.165) is 35.0 Å². The Balaban J connectivity index is 0.00000364. The van der Waals surface area contributed by atoms with E-state index >= 15 is 0 Å². The minimum Gasteiger partial charge on any atom is -0.336 e. The molecule has 0 radical (unpaired) electrons. The summed E-state index contributed by atoms with van der Waals surface area (Å²) in [6.45, 7) is 5.32. The SMILES string of the molecule is CCCCNC(=O)n1cc(SSc2cn(C(=O)NCCCC)nn2)nn1.[HH].[HH]. The van der Waals surface area contributed by atoms with Gasteiger partial charge in [-0.15, -0.1) is 10.2 Å². The molecule has 0 bridgehead atoms. The maximum Gasteiger partial charge on any atom is 0.343 e. The first-order valence-electron chi connectivity index (χ1n) is 8.39. The molecule has 12 heteroatoms. The molecule has 2 amide bonds. The number of hydrogen-bond acceptors (Lipinski definition) is 8. The largest absolute Gasteiger partial charge is 0.343 e. The number of rotatable bonds is 9. The van der Waals surface area contributed by atoms with Crippen molar-refractivity contribution in [2.75, 3.05) is 13.1 Å². The van der Waals surface area contributed by atoms with E-state index in [1.54, 1.807) is 12.4 Å². The molecule has 2 heterocycles. The van der Waals surface area contributed by atoms with Crippen LogP contribution in [-0.4, -0.2) is 55.1 Å². The number of carbonyl (C=O) groups excluding carboxylic acids is 2. The third kappa shape index (κ3) is 6.33. The van der Waals surface area contributed by atoms with Gasteiger partial charge in [-0.25, -0.2) is 9.59 Å². The summed E-state index contributed by atoms with van der Waals surface area (Å²) < 4.78 is 2.33. The fourth-order valence-corrected chi connectivity index (χ4v) is 3.33. The van der Waals surface area contributed by atoms with Gasteiger partial charge in [-0.2, -0.15) is 9.36 Å². The average Bonchev–Trinajstić information content (AvgIpc) is 3.30. The molecule has 2 N–H and O–H groups in total. The van der Waals surface area contributed by atoms with Crippen molar-refractivity contribution in [1.82, 2.24) is 40.6 Å². The standard InChI is InChI=1S/C14H22N8O2S2.2H2/c1-3-5-7-15-13(23)21-9-11(17-19-21)25-26-12-10-22(20-18-12)14(24)16-8-6-4-2;;/h9-10H,3-8H2,1-2H3,(H,15,23)(H,16,24);2*1H. The summed E-state index contributed by atoms with van der Waals surface area (Å²) in [5, 5.41) is 22.1. The van der Waals surface area contributed by atoms with E-state index in [1.807, 2.05) is 0 Å². The van der Waals surface area contributed by atoms with E-state index < -0.39 is 0 Å². The molecule has 0 saturated carbocycles. The number of carbonyl (C=O) groups is 2. The third-order valence-electron chi connectivity index (χ3n) is 3.19. The molecule has 0 aliphatic carbocycles. The number of aromatic nitrogens is 6. The molecule has 0 aliphatic heterocycles. The zero-order chi connectivity index (χ0) is 18.8. The first kappa shape index (κ1) is 20.2. The van der Waals surface area contributed by atoms with Crippen LogP contribution in [0.1, 0.15) is 42.4 Å². The molecule has 0 aromatic carbocycles. The van der Waals surface area contributed by atoms with Crippen molar-refractivity contribution >= 4 is 33.7 Å². The van der Waals surface area contributed by atoms with Gasteiger partial charge in [0.1, 0.15) is 10.1 Å². The second kappa shape index (κ2) is 10.8. The second-order valence-corrected chi connectivity index (χ2v) is 7.51. The van der Waals surface area contributed by atoms with Crippen LogP contribution >= 0.6 is 21.6 Å². The van der Waals surface area contributed by atoms with Gasteiger partial charge in [-0.3, -0.25) is 0 Å². The van der Waals surface area contributed by atoms with Crippen molar-refractivity contribution in [2.24, 2.45) is 0 Å². The van der Waals surface area contributed by atoms with E-state index in [0.29, 0.717) is 23.1 Å². The summed E-state index contributed by atoms with van der Waals surface area (Å²) in [7, 11) is 2.56. The highest BCUT2D eigenvalue weighted by molar-refractivity contribution is 8.76. The van der Waals surface area contributed by atoms with Crippen LogP contribution in [0.5, 0.6) is 0 Å². The number of nitrogens with zero attached hydrogens (tertiary/aromatic N) is 6. The van der Waals surface area contributed by atoms with E-state index in [-0.39, 0.29) is 14.9 Å². The van der Waals surface area contributed by atoms with Crippen molar-refractivity contribution in [1.29, 1.82) is 0 Å². The van der Waals surface area contributed by atoms with Gasteiger partial charge in [0.25, 0.3) is 0 Å². The molecule has 10 nitrogen and oxygen atoms in total. The van der Waals surface area contributed by atoms with E-state index in [4.69, 9.17) is 0 Å². The van der Waals surface area contributed by atoms with Crippen LogP contribution in [0.2, 0.25) is 0 Å². The molecule has 2 aromatic rings. The van der Waals surface area contributed by atoms with Gasteiger partial charge in [-0.05, 0) is 34.4 Å². The Bertz CT molecular complexity index is 668. The fourth-order valence-electron chi connectivity index (χ4n) is 1.76. The van der Waals surface area contributed by atoms with Gasteiger partial charge >= 0.3 is 12.1 Å². The van der Waals surface area contributed by atoms with Crippen molar-refractivity contribution in [3.63, 3.8) is 0 Å². The van der Waals surface area contributed by atoms with Crippen molar-refractivity contribution in [2.45, 2.75) is 49.6 Å². The van der Waals surface area contributed by atoms with Crippen LogP contribution in [0, 0.1) is 0 Å². The molecule has 0 aliphatic rings. The van der Waals surface area contributed by atoms with Gasteiger partial charge in [0.15, 0.2) is 0 Å². The minimum absolute atomic E-state index is 0. The van der Waals surface area contributed by atoms with Crippen molar-refractivity contribution in [3.8, 4) is 0 Å². The predicted octanol–water partition coefficient (Wildman–Crippen LogP) is 2.88. The lowest BCUT2D eigenvalue weighted by atomic mass is 10.3. The highest BCUT2D eigenvalue weighted by Gasteiger charge is 2.12. The molecule has 146 valence electrons. The quantitative estimate of drug-likeness (QED) is 0.485. The molecule has 0 atom stereocenters. The topological polar surface area (TPSA) is 120 Å². The summed E-state index contributed by atoms with van der Waals surface area (Å²) in [5.41, 5.74) is 0. The van der Waals surface area contributed by atoms with Crippen molar-refractivity contribution in [3.05, 3.63) is 12.4 Å². The van der Waals surface area contributed by atoms with Gasteiger partial charge in [0.05, 0.1) is 12.4 Å². The Labute approximate surface area is 162 Å². The highest BCUT2D eigenvalue weighted by Crippen LogP contribution is 2.34. The highest BCUT2D eigenvalue weighted by atomic mass is 33.1. The molecule has 2 aromatic heterocycles. The fraction of sp³-hybridized carbons (Fsp3) is 0.571. The summed E-state index contributed by atoms with van der Waals surface area (Å²) in [5.74, 6) is 0. The lowest BCUT2D eigenvalue weighted by molar-refractivity contribution is 0.238. The minimum atomic E-state index is -0.308. The summed E-state index contributed by atoms with van der Waals surface area (Å²) in [4.78, 5) is 23.7. The first-order valence-corrected chi connectivity index (χ1v) is 10.5. The van der Waals surface area contributed by atoms with E-state index in [1.165, 1.54) is 21.6 Å². The first-order chi connectivity index (χ1) is 12.6. The molecular formula is C14H26N8O2S2. The average molecular weight is 403 g/mol. The molecule has 0 spiro atoms. The number of hydrogen-bond donors (Lipinski definition) is 2. The molecule has 0 fully saturated rings. The third-order valence-corrected chi connectivity index (χ3v) is 5.26. The van der Waals surface area contributed by atoms with Gasteiger partial charge in [0, 0.05) is 15.9 Å².